The maximum absolute atomic E-state index is 13.0. The molecule has 2 heterocycles. The van der Waals surface area contributed by atoms with Gasteiger partial charge in [0.25, 0.3) is 0 Å². The molecule has 9 heteroatoms. The van der Waals surface area contributed by atoms with Crippen LogP contribution in [0.1, 0.15) is 32.4 Å². The summed E-state index contributed by atoms with van der Waals surface area (Å²) < 4.78 is 9.05. The molecule has 176 valence electrons. The van der Waals surface area contributed by atoms with Gasteiger partial charge in [-0.05, 0) is 64.1 Å². The summed E-state index contributed by atoms with van der Waals surface area (Å²) in [6, 6.07) is 17.8. The molecule has 0 fully saturated rings. The number of nitrogens with one attached hydrogen (secondary N) is 1. The van der Waals surface area contributed by atoms with Crippen molar-refractivity contribution in [2.45, 2.75) is 44.1 Å². The van der Waals surface area contributed by atoms with E-state index in [-0.39, 0.29) is 11.9 Å². The molecule has 4 aromatic rings. The summed E-state index contributed by atoms with van der Waals surface area (Å²) in [6.07, 6.45) is 1.68. The number of thioether (sulfide) groups is 1. The highest BCUT2D eigenvalue weighted by atomic mass is 32.2. The Morgan fingerprint density at radius 1 is 1.00 bits per heavy atom. The van der Waals surface area contributed by atoms with Crippen LogP contribution in [-0.2, 0) is 4.79 Å². The summed E-state index contributed by atoms with van der Waals surface area (Å²) >= 11 is 1.36. The van der Waals surface area contributed by atoms with Crippen LogP contribution < -0.4 is 10.1 Å². The fourth-order valence-electron chi connectivity index (χ4n) is 3.46. The van der Waals surface area contributed by atoms with Gasteiger partial charge >= 0.3 is 0 Å². The van der Waals surface area contributed by atoms with Crippen molar-refractivity contribution in [3.63, 3.8) is 0 Å². The summed E-state index contributed by atoms with van der Waals surface area (Å²) in [5.41, 5.74) is 2.99. The molecule has 0 spiro atoms. The zero-order valence-electron chi connectivity index (χ0n) is 19.9. The predicted octanol–water partition coefficient (Wildman–Crippen LogP) is 5.15. The summed E-state index contributed by atoms with van der Waals surface area (Å²) in [5.74, 6) is 2.01. The quantitative estimate of drug-likeness (QED) is 0.354. The van der Waals surface area contributed by atoms with E-state index >= 15 is 0 Å². The SMILES string of the molecule is COc1ccc(-c2nnc(SC(C)C(=O)Nc3ccnn3C(C)C)n2-c2ccc(C)cc2)cc1. The number of amides is 1. The second-order valence-corrected chi connectivity index (χ2v) is 9.52. The van der Waals surface area contributed by atoms with Crippen molar-refractivity contribution in [1.82, 2.24) is 24.5 Å². The summed E-state index contributed by atoms with van der Waals surface area (Å²) in [4.78, 5) is 13.0. The Kier molecular flexibility index (Phi) is 7.02. The lowest BCUT2D eigenvalue weighted by atomic mass is 10.2. The van der Waals surface area contributed by atoms with Gasteiger partial charge in [-0.3, -0.25) is 9.36 Å². The molecule has 1 unspecified atom stereocenters. The molecule has 0 bridgehead atoms. The average Bonchev–Trinajstić information content (AvgIpc) is 3.47. The molecule has 1 amide bonds. The first-order valence-electron chi connectivity index (χ1n) is 11.0. The van der Waals surface area contributed by atoms with Crippen molar-refractivity contribution in [3.05, 3.63) is 66.4 Å². The fourth-order valence-corrected chi connectivity index (χ4v) is 4.33. The Morgan fingerprint density at radius 2 is 1.71 bits per heavy atom. The number of ether oxygens (including phenoxy) is 1. The third-order valence-electron chi connectivity index (χ3n) is 5.34. The van der Waals surface area contributed by atoms with Crippen LogP contribution >= 0.6 is 11.8 Å². The highest BCUT2D eigenvalue weighted by Gasteiger charge is 2.23. The van der Waals surface area contributed by atoms with Crippen LogP contribution in [0.2, 0.25) is 0 Å². The zero-order chi connectivity index (χ0) is 24.2. The van der Waals surface area contributed by atoms with Crippen molar-refractivity contribution in [1.29, 1.82) is 0 Å². The van der Waals surface area contributed by atoms with Crippen LogP contribution in [-0.4, -0.2) is 42.8 Å². The number of nitrogens with zero attached hydrogens (tertiary/aromatic N) is 5. The molecule has 4 rings (SSSR count). The molecule has 2 aromatic carbocycles. The molecule has 0 aliphatic rings. The van der Waals surface area contributed by atoms with Crippen LogP contribution in [0.3, 0.4) is 0 Å². The van der Waals surface area contributed by atoms with Gasteiger partial charge in [0.05, 0.1) is 18.6 Å². The minimum absolute atomic E-state index is 0.128. The van der Waals surface area contributed by atoms with Crippen molar-refractivity contribution < 1.29 is 9.53 Å². The maximum Gasteiger partial charge on any atom is 0.238 e. The lowest BCUT2D eigenvalue weighted by Gasteiger charge is -2.16. The van der Waals surface area contributed by atoms with Crippen LogP contribution in [0.5, 0.6) is 5.75 Å². The van der Waals surface area contributed by atoms with Gasteiger partial charge < -0.3 is 10.1 Å². The van der Waals surface area contributed by atoms with E-state index in [4.69, 9.17) is 4.74 Å². The summed E-state index contributed by atoms with van der Waals surface area (Å²) in [5, 5.41) is 16.4. The summed E-state index contributed by atoms with van der Waals surface area (Å²) in [7, 11) is 1.64. The van der Waals surface area contributed by atoms with E-state index in [2.05, 4.69) is 20.6 Å². The van der Waals surface area contributed by atoms with E-state index in [0.717, 1.165) is 22.6 Å². The molecule has 0 radical (unpaired) electrons. The summed E-state index contributed by atoms with van der Waals surface area (Å²) in [6.45, 7) is 7.94. The predicted molar refractivity (Wildman–Crippen MR) is 135 cm³/mol. The lowest BCUT2D eigenvalue weighted by Crippen LogP contribution is -2.25. The lowest BCUT2D eigenvalue weighted by molar-refractivity contribution is -0.115. The number of carbonyl (C=O) groups is 1. The highest BCUT2D eigenvalue weighted by Crippen LogP contribution is 2.31. The number of benzene rings is 2. The Bertz CT molecular complexity index is 1260. The first kappa shape index (κ1) is 23.6. The molecule has 0 aliphatic carbocycles. The van der Waals surface area contributed by atoms with Gasteiger partial charge in [0, 0.05) is 23.4 Å². The number of anilines is 1. The Morgan fingerprint density at radius 3 is 2.35 bits per heavy atom. The van der Waals surface area contributed by atoms with Gasteiger partial charge in [0.1, 0.15) is 11.6 Å². The molecular weight excluding hydrogens is 448 g/mol. The number of aromatic nitrogens is 5. The minimum atomic E-state index is -0.410. The maximum atomic E-state index is 13.0. The van der Waals surface area contributed by atoms with E-state index in [1.807, 2.05) is 80.8 Å². The van der Waals surface area contributed by atoms with Crippen molar-refractivity contribution in [2.75, 3.05) is 12.4 Å². The second kappa shape index (κ2) is 10.1. The van der Waals surface area contributed by atoms with Crippen LogP contribution in [0, 0.1) is 6.92 Å². The standard InChI is InChI=1S/C25H28N6O2S/c1-16(2)31-22(14-15-26-31)27-24(32)18(4)34-25-29-28-23(19-8-12-21(33-5)13-9-19)30(25)20-10-6-17(3)7-11-20/h6-16,18H,1-5H3,(H,27,32). The molecule has 0 saturated heterocycles. The Labute approximate surface area is 203 Å². The van der Waals surface area contributed by atoms with Crippen molar-refractivity contribution in [2.24, 2.45) is 0 Å². The number of rotatable bonds is 8. The van der Waals surface area contributed by atoms with Gasteiger partial charge in [-0.25, -0.2) is 4.68 Å². The van der Waals surface area contributed by atoms with Gasteiger partial charge in [-0.2, -0.15) is 5.10 Å². The van der Waals surface area contributed by atoms with Gasteiger partial charge in [-0.15, -0.1) is 10.2 Å². The van der Waals surface area contributed by atoms with Crippen LogP contribution in [0.15, 0.2) is 66.0 Å². The van der Waals surface area contributed by atoms with E-state index in [1.54, 1.807) is 24.1 Å². The number of hydrogen-bond donors (Lipinski definition) is 1. The molecule has 8 nitrogen and oxygen atoms in total. The zero-order valence-corrected chi connectivity index (χ0v) is 20.7. The van der Waals surface area contributed by atoms with Crippen LogP contribution in [0.4, 0.5) is 5.82 Å². The first-order valence-corrected chi connectivity index (χ1v) is 11.9. The first-order chi connectivity index (χ1) is 16.4. The average molecular weight is 477 g/mol. The van der Waals surface area contributed by atoms with Crippen LogP contribution in [0.25, 0.3) is 17.1 Å². The fraction of sp³-hybridized carbons (Fsp3) is 0.280. The van der Waals surface area contributed by atoms with Crippen molar-refractivity contribution in [3.8, 4) is 22.8 Å². The molecule has 34 heavy (non-hydrogen) atoms. The van der Waals surface area contributed by atoms with Gasteiger partial charge in [-0.1, -0.05) is 29.5 Å². The third kappa shape index (κ3) is 4.99. The highest BCUT2D eigenvalue weighted by molar-refractivity contribution is 8.00. The number of methoxy groups -OCH3 is 1. The topological polar surface area (TPSA) is 86.9 Å². The number of carbonyl (C=O) groups excluding carboxylic acids is 1. The molecule has 2 aromatic heterocycles. The molecule has 0 aliphatic heterocycles. The third-order valence-corrected chi connectivity index (χ3v) is 6.38. The molecule has 1 N–H and O–H groups in total. The minimum Gasteiger partial charge on any atom is -0.497 e. The van der Waals surface area contributed by atoms with E-state index in [1.165, 1.54) is 11.8 Å². The molecule has 0 saturated carbocycles. The largest absolute Gasteiger partial charge is 0.497 e. The van der Waals surface area contributed by atoms with E-state index < -0.39 is 5.25 Å². The van der Waals surface area contributed by atoms with Crippen molar-refractivity contribution >= 4 is 23.5 Å². The smallest absolute Gasteiger partial charge is 0.238 e. The van der Waals surface area contributed by atoms with Gasteiger partial charge in [0.15, 0.2) is 11.0 Å². The second-order valence-electron chi connectivity index (χ2n) is 8.21. The van der Waals surface area contributed by atoms with Gasteiger partial charge in [0.2, 0.25) is 5.91 Å². The Balaban J connectivity index is 1.64. The Hall–Kier alpha value is -3.59. The molecular formula is C25H28N6O2S. The number of aryl methyl sites for hydroxylation is 1. The monoisotopic (exact) mass is 476 g/mol. The molecule has 1 atom stereocenters. The number of hydrogen-bond acceptors (Lipinski definition) is 6. The normalized spacial score (nSPS) is 12.1. The van der Waals surface area contributed by atoms with E-state index in [0.29, 0.717) is 16.8 Å². The van der Waals surface area contributed by atoms with E-state index in [9.17, 15) is 4.79 Å².